The molecule has 1 fully saturated rings. The first-order valence-electron chi connectivity index (χ1n) is 15.1. The van der Waals surface area contributed by atoms with E-state index in [1.807, 2.05) is 0 Å². The number of quaternary nitrogens is 3. The highest BCUT2D eigenvalue weighted by atomic mass is 16.2. The van der Waals surface area contributed by atoms with E-state index >= 15 is 0 Å². The summed E-state index contributed by atoms with van der Waals surface area (Å²) in [5, 5.41) is 15.9. The second-order valence-corrected chi connectivity index (χ2v) is 10.9. The summed E-state index contributed by atoms with van der Waals surface area (Å²) >= 11 is 0. The summed E-state index contributed by atoms with van der Waals surface area (Å²) in [6, 6.07) is -5.90. The summed E-state index contributed by atoms with van der Waals surface area (Å²) in [6.45, 7) is 6.43. The smallest absolute Gasteiger partial charge is 0.243 e. The maximum absolute atomic E-state index is 13.2. The van der Waals surface area contributed by atoms with E-state index in [4.69, 9.17) is 0 Å². The van der Waals surface area contributed by atoms with Gasteiger partial charge in [0, 0.05) is 0 Å². The highest BCUT2D eigenvalue weighted by molar-refractivity contribution is 5.97. The van der Waals surface area contributed by atoms with Crippen molar-refractivity contribution in [2.24, 2.45) is 0 Å². The number of hydrogen-bond acceptors (Lipinski definition) is 6. The van der Waals surface area contributed by atoms with Crippen LogP contribution in [0.2, 0.25) is 0 Å². The zero-order valence-electron chi connectivity index (χ0n) is 25.5. The molecule has 0 spiro atoms. The van der Waals surface area contributed by atoms with Crippen molar-refractivity contribution in [1.29, 1.82) is 0 Å². The predicted molar refractivity (Wildman–Crippen MR) is 153 cm³/mol. The second-order valence-electron chi connectivity index (χ2n) is 10.9. The number of rotatable bonds is 12. The maximum atomic E-state index is 13.2. The Hall–Kier alpha value is -3.30. The van der Waals surface area contributed by atoms with Crippen LogP contribution in [0, 0.1) is 0 Å². The van der Waals surface area contributed by atoms with Gasteiger partial charge >= 0.3 is 0 Å². The van der Waals surface area contributed by atoms with Crippen LogP contribution in [0.4, 0.5) is 0 Å². The maximum Gasteiger partial charge on any atom is 0.243 e. The molecule has 0 aromatic rings. The lowest BCUT2D eigenvalue weighted by Crippen LogP contribution is -2.60. The summed E-state index contributed by atoms with van der Waals surface area (Å²) in [4.78, 5) is 78.6. The van der Waals surface area contributed by atoms with Gasteiger partial charge in [-0.05, 0) is 78.6 Å². The van der Waals surface area contributed by atoms with Gasteiger partial charge in [-0.2, -0.15) is 0 Å². The van der Waals surface area contributed by atoms with Gasteiger partial charge in [0.2, 0.25) is 35.4 Å². The van der Waals surface area contributed by atoms with Gasteiger partial charge in [-0.25, -0.2) is 0 Å². The Bertz CT molecular complexity index is 804. The molecule has 15 N–H and O–H groups in total. The van der Waals surface area contributed by atoms with Gasteiger partial charge in [0.1, 0.15) is 36.3 Å². The summed E-state index contributed by atoms with van der Waals surface area (Å²) in [7, 11) is 0. The monoisotopic (exact) mass is 600 g/mol. The van der Waals surface area contributed by atoms with E-state index in [1.165, 1.54) is 20.8 Å². The van der Waals surface area contributed by atoms with Crippen LogP contribution < -0.4 is 49.1 Å². The average molecular weight is 601 g/mol. The van der Waals surface area contributed by atoms with Crippen LogP contribution in [-0.2, 0) is 28.8 Å². The summed E-state index contributed by atoms with van der Waals surface area (Å²) in [5.41, 5.74) is 11.4. The molecule has 15 heteroatoms. The fourth-order valence-corrected chi connectivity index (χ4v) is 4.41. The molecular formula is C27H54N9O6+3. The molecule has 1 aliphatic rings. The van der Waals surface area contributed by atoms with E-state index in [-0.39, 0.29) is 0 Å². The van der Waals surface area contributed by atoms with Crippen molar-refractivity contribution in [3.05, 3.63) is 0 Å². The molecular weight excluding hydrogens is 546 g/mol. The predicted octanol–water partition coefficient (Wildman–Crippen LogP) is -4.79. The molecule has 0 aliphatic carbocycles. The molecule has 15 nitrogen and oxygen atoms in total. The van der Waals surface area contributed by atoms with Gasteiger partial charge in [0.15, 0.2) is 0 Å². The van der Waals surface area contributed by atoms with Crippen molar-refractivity contribution in [3.8, 4) is 0 Å². The number of nitrogens with one attached hydrogen (secondary N) is 6. The highest BCUT2D eigenvalue weighted by Crippen LogP contribution is 2.07. The van der Waals surface area contributed by atoms with Crippen LogP contribution in [0.15, 0.2) is 0 Å². The molecule has 0 aromatic carbocycles. The Balaban J connectivity index is 3.33. The molecule has 1 rings (SSSR count). The minimum Gasteiger partial charge on any atom is -0.358 e. The van der Waals surface area contributed by atoms with Gasteiger partial charge in [0.25, 0.3) is 0 Å². The van der Waals surface area contributed by atoms with Gasteiger partial charge in [-0.15, -0.1) is 0 Å². The third-order valence-corrected chi connectivity index (χ3v) is 7.13. The largest absolute Gasteiger partial charge is 0.358 e. The van der Waals surface area contributed by atoms with Crippen molar-refractivity contribution in [2.45, 2.75) is 115 Å². The summed E-state index contributed by atoms with van der Waals surface area (Å²) in [5.74, 6) is -3.40. The molecule has 42 heavy (non-hydrogen) atoms. The molecule has 0 unspecified atom stereocenters. The normalized spacial score (nSPS) is 27.0. The fourth-order valence-electron chi connectivity index (χ4n) is 4.41. The van der Waals surface area contributed by atoms with E-state index < -0.39 is 71.7 Å². The summed E-state index contributed by atoms with van der Waals surface area (Å²) < 4.78 is 0. The van der Waals surface area contributed by atoms with Crippen LogP contribution in [0.5, 0.6) is 0 Å². The van der Waals surface area contributed by atoms with E-state index in [9.17, 15) is 28.8 Å². The molecule has 6 amide bonds. The van der Waals surface area contributed by atoms with E-state index in [0.29, 0.717) is 58.2 Å². The van der Waals surface area contributed by atoms with E-state index in [2.05, 4.69) is 49.1 Å². The zero-order valence-corrected chi connectivity index (χ0v) is 25.5. The van der Waals surface area contributed by atoms with Crippen LogP contribution in [0.1, 0.15) is 78.6 Å². The lowest BCUT2D eigenvalue weighted by atomic mass is 10.1. The third-order valence-electron chi connectivity index (χ3n) is 7.13. The SMILES string of the molecule is C[C@H]1NC(=O)[C@H](CCCC[NH3+])NC(=O)[C@@H](C)NC(=O)[C@H](CCCC[NH3+])NC(=O)[C@@H](C)NC(=O)[C@H](CCCC[NH3+])NC1=O. The Morgan fingerprint density at radius 2 is 0.643 bits per heavy atom. The van der Waals surface area contributed by atoms with Gasteiger partial charge < -0.3 is 49.1 Å². The van der Waals surface area contributed by atoms with Crippen LogP contribution in [0.25, 0.3) is 0 Å². The number of amides is 6. The zero-order chi connectivity index (χ0) is 31.7. The lowest BCUT2D eigenvalue weighted by Gasteiger charge is -2.27. The molecule has 0 bridgehead atoms. The topological polar surface area (TPSA) is 258 Å². The summed E-state index contributed by atoms with van der Waals surface area (Å²) in [6.07, 6.45) is 4.94. The van der Waals surface area contributed by atoms with Crippen molar-refractivity contribution in [2.75, 3.05) is 19.6 Å². The first kappa shape index (κ1) is 36.7. The number of carbonyl (C=O) groups is 6. The lowest BCUT2D eigenvalue weighted by molar-refractivity contribution is -0.368. The van der Waals surface area contributed by atoms with Gasteiger partial charge in [-0.1, -0.05) is 0 Å². The van der Waals surface area contributed by atoms with Gasteiger partial charge in [0.05, 0.1) is 19.6 Å². The third kappa shape index (κ3) is 13.1. The number of carbonyl (C=O) groups excluding carboxylic acids is 6. The van der Waals surface area contributed by atoms with E-state index in [0.717, 1.165) is 19.3 Å². The van der Waals surface area contributed by atoms with Crippen LogP contribution in [0.3, 0.4) is 0 Å². The molecule has 1 saturated heterocycles. The van der Waals surface area contributed by atoms with Gasteiger partial charge in [-0.3, -0.25) is 28.8 Å². The molecule has 6 atom stereocenters. The van der Waals surface area contributed by atoms with Crippen LogP contribution >= 0.6 is 0 Å². The van der Waals surface area contributed by atoms with E-state index in [1.54, 1.807) is 0 Å². The van der Waals surface area contributed by atoms with Crippen LogP contribution in [-0.4, -0.2) is 91.3 Å². The number of unbranched alkanes of at least 4 members (excludes halogenated alkanes) is 3. The minimum absolute atomic E-state index is 0.305. The average Bonchev–Trinajstić information content (AvgIpc) is 2.94. The minimum atomic E-state index is -1.01. The van der Waals surface area contributed by atoms with Crippen molar-refractivity contribution in [3.63, 3.8) is 0 Å². The second kappa shape index (κ2) is 19.8. The molecule has 1 aliphatic heterocycles. The first-order chi connectivity index (χ1) is 19.9. The Morgan fingerprint density at radius 1 is 0.405 bits per heavy atom. The quantitative estimate of drug-likeness (QED) is 0.0992. The molecule has 240 valence electrons. The van der Waals surface area contributed by atoms with Crippen molar-refractivity contribution < 1.29 is 46.0 Å². The molecule has 1 heterocycles. The standard InChI is InChI=1S/C27H51N9O6/c1-16-22(37)34-20(11-5-8-14-29)26(41)32-18(3)24(39)36-21(12-6-9-15-30)27(42)33-17(2)23(38)35-19(25(40)31-16)10-4-7-13-28/h16-21H,4-15,28-30H2,1-3H3,(H,31,40)(H,32,41)(H,33,42)(H,34,37)(H,35,38)(H,36,39)/p+3/t16-,17-,18-,19+,20+,21+/m1/s1. The highest BCUT2D eigenvalue weighted by Gasteiger charge is 2.32. The first-order valence-corrected chi connectivity index (χ1v) is 15.1. The van der Waals surface area contributed by atoms with Crippen molar-refractivity contribution >= 4 is 35.4 Å². The molecule has 0 saturated carbocycles. The Kier molecular flexibility index (Phi) is 17.3. The van der Waals surface area contributed by atoms with Crippen molar-refractivity contribution in [1.82, 2.24) is 31.9 Å². The Labute approximate surface area is 248 Å². The molecule has 0 aromatic heterocycles. The number of hydrogen-bond donors (Lipinski definition) is 9. The fraction of sp³-hybridized carbons (Fsp3) is 0.778. The molecule has 0 radical (unpaired) electrons. The Morgan fingerprint density at radius 3 is 0.857 bits per heavy atom.